The minimum atomic E-state index is -0.396. The van der Waals surface area contributed by atoms with Crippen LogP contribution in [0.15, 0.2) is 0 Å². The van der Waals surface area contributed by atoms with Gasteiger partial charge in [0.2, 0.25) is 5.91 Å². The Morgan fingerprint density at radius 2 is 2.00 bits per heavy atom. The fraction of sp³-hybridized carbons (Fsp3) is 0.889. The Bertz CT molecular complexity index is 190. The van der Waals surface area contributed by atoms with Gasteiger partial charge in [-0.2, -0.15) is 11.8 Å². The van der Waals surface area contributed by atoms with Crippen molar-refractivity contribution in [3.05, 3.63) is 0 Å². The minimum Gasteiger partial charge on any atom is -0.353 e. The van der Waals surface area contributed by atoms with E-state index >= 15 is 0 Å². The quantitative estimate of drug-likeness (QED) is 0.784. The maximum absolute atomic E-state index is 11.1. The van der Waals surface area contributed by atoms with E-state index in [2.05, 4.69) is 10.2 Å². The zero-order valence-electron chi connectivity index (χ0n) is 9.48. The number of halogens is 2. The average Bonchev–Trinajstić information content (AvgIpc) is 2.19. The van der Waals surface area contributed by atoms with Gasteiger partial charge < -0.3 is 11.1 Å². The van der Waals surface area contributed by atoms with Crippen LogP contribution in [0.4, 0.5) is 0 Å². The summed E-state index contributed by atoms with van der Waals surface area (Å²) >= 11 is 1.99. The number of carbonyl (C=O) groups excluding carboxylic acids is 1. The number of hydrogen-bond donors (Lipinski definition) is 2. The third-order valence-electron chi connectivity index (χ3n) is 2.24. The number of carbonyl (C=O) groups is 1. The van der Waals surface area contributed by atoms with Gasteiger partial charge in [-0.1, -0.05) is 0 Å². The Balaban J connectivity index is 0. The van der Waals surface area contributed by atoms with Gasteiger partial charge in [0.05, 0.1) is 6.04 Å². The maximum Gasteiger partial charge on any atom is 0.236 e. The molecule has 0 spiro atoms. The summed E-state index contributed by atoms with van der Waals surface area (Å²) in [7, 11) is 0. The van der Waals surface area contributed by atoms with Crippen LogP contribution in [0.5, 0.6) is 0 Å². The van der Waals surface area contributed by atoms with E-state index < -0.39 is 6.04 Å². The monoisotopic (exact) mass is 289 g/mol. The maximum atomic E-state index is 11.1. The second-order valence-corrected chi connectivity index (χ2v) is 4.76. The molecule has 0 unspecified atom stereocenters. The lowest BCUT2D eigenvalue weighted by Gasteiger charge is -2.26. The fourth-order valence-electron chi connectivity index (χ4n) is 1.32. The van der Waals surface area contributed by atoms with Crippen molar-refractivity contribution in [3.63, 3.8) is 0 Å². The summed E-state index contributed by atoms with van der Waals surface area (Å²) in [5.74, 6) is 2.36. The standard InChI is InChI=1S/C9H19N3OS.2ClH/c1-8(10)9(13)11-2-3-12-4-6-14-7-5-12;;/h8H,2-7,10H2,1H3,(H,11,13);2*1H/t8-;;/m0../s1. The molecule has 0 aliphatic carbocycles. The highest BCUT2D eigenvalue weighted by Gasteiger charge is 2.11. The van der Waals surface area contributed by atoms with Crippen LogP contribution in [-0.4, -0.2) is 54.5 Å². The molecular formula is C9H21Cl2N3OS. The Labute approximate surface area is 114 Å². The van der Waals surface area contributed by atoms with Gasteiger partial charge in [0.15, 0.2) is 0 Å². The summed E-state index contributed by atoms with van der Waals surface area (Å²) in [4.78, 5) is 13.5. The van der Waals surface area contributed by atoms with Crippen molar-refractivity contribution in [2.75, 3.05) is 37.7 Å². The van der Waals surface area contributed by atoms with Crippen LogP contribution >= 0.6 is 36.6 Å². The molecule has 0 aromatic heterocycles. The number of hydrogen-bond acceptors (Lipinski definition) is 4. The van der Waals surface area contributed by atoms with E-state index in [0.717, 1.165) is 19.6 Å². The molecular weight excluding hydrogens is 269 g/mol. The van der Waals surface area contributed by atoms with Crippen molar-refractivity contribution in [1.29, 1.82) is 0 Å². The summed E-state index contributed by atoms with van der Waals surface area (Å²) in [6.45, 7) is 5.63. The van der Waals surface area contributed by atoms with Crippen molar-refractivity contribution in [3.8, 4) is 0 Å². The first-order valence-corrected chi connectivity index (χ1v) is 6.19. The zero-order chi connectivity index (χ0) is 10.4. The third-order valence-corrected chi connectivity index (χ3v) is 3.19. The Morgan fingerprint density at radius 3 is 2.50 bits per heavy atom. The second-order valence-electron chi connectivity index (χ2n) is 3.53. The molecule has 1 aliphatic heterocycles. The van der Waals surface area contributed by atoms with E-state index in [1.807, 2.05) is 11.8 Å². The predicted octanol–water partition coefficient (Wildman–Crippen LogP) is 0.342. The number of rotatable bonds is 4. The van der Waals surface area contributed by atoms with Gasteiger partial charge in [0, 0.05) is 37.7 Å². The number of nitrogens with zero attached hydrogens (tertiary/aromatic N) is 1. The highest BCUT2D eigenvalue weighted by molar-refractivity contribution is 7.99. The van der Waals surface area contributed by atoms with E-state index in [9.17, 15) is 4.79 Å². The van der Waals surface area contributed by atoms with Crippen molar-refractivity contribution >= 4 is 42.5 Å². The smallest absolute Gasteiger partial charge is 0.236 e. The summed E-state index contributed by atoms with van der Waals surface area (Å²) in [5, 5.41) is 2.82. The molecule has 0 radical (unpaired) electrons. The first kappa shape index (κ1) is 18.7. The number of amides is 1. The molecule has 0 saturated carbocycles. The van der Waals surface area contributed by atoms with Gasteiger partial charge in [-0.25, -0.2) is 0 Å². The van der Waals surface area contributed by atoms with Crippen LogP contribution in [-0.2, 0) is 4.79 Å². The third kappa shape index (κ3) is 7.57. The minimum absolute atomic E-state index is 0. The van der Waals surface area contributed by atoms with Crippen molar-refractivity contribution < 1.29 is 4.79 Å². The number of nitrogens with one attached hydrogen (secondary N) is 1. The second kappa shape index (κ2) is 10.5. The molecule has 3 N–H and O–H groups in total. The molecule has 16 heavy (non-hydrogen) atoms. The van der Waals surface area contributed by atoms with Gasteiger partial charge in [-0.3, -0.25) is 9.69 Å². The van der Waals surface area contributed by atoms with Crippen LogP contribution in [0, 0.1) is 0 Å². The zero-order valence-corrected chi connectivity index (χ0v) is 11.9. The normalized spacial score (nSPS) is 17.9. The first-order chi connectivity index (χ1) is 6.70. The van der Waals surface area contributed by atoms with Crippen LogP contribution < -0.4 is 11.1 Å². The van der Waals surface area contributed by atoms with Gasteiger partial charge in [0.25, 0.3) is 0 Å². The highest BCUT2D eigenvalue weighted by atomic mass is 35.5. The number of thioether (sulfide) groups is 1. The van der Waals surface area contributed by atoms with Gasteiger partial charge in [-0.05, 0) is 6.92 Å². The summed E-state index contributed by atoms with van der Waals surface area (Å²) < 4.78 is 0. The predicted molar refractivity (Wildman–Crippen MR) is 74.9 cm³/mol. The molecule has 1 fully saturated rings. The van der Waals surface area contributed by atoms with Crippen LogP contribution in [0.25, 0.3) is 0 Å². The molecule has 7 heteroatoms. The molecule has 4 nitrogen and oxygen atoms in total. The van der Waals surface area contributed by atoms with Crippen molar-refractivity contribution in [2.24, 2.45) is 5.73 Å². The fourth-order valence-corrected chi connectivity index (χ4v) is 2.30. The van der Waals surface area contributed by atoms with Gasteiger partial charge in [-0.15, -0.1) is 24.8 Å². The van der Waals surface area contributed by atoms with E-state index in [1.165, 1.54) is 11.5 Å². The summed E-state index contributed by atoms with van der Waals surface area (Å²) in [6, 6.07) is -0.396. The molecule has 0 aromatic carbocycles. The Hall–Kier alpha value is 0.320. The van der Waals surface area contributed by atoms with E-state index in [-0.39, 0.29) is 30.7 Å². The SMILES string of the molecule is C[C@H](N)C(=O)NCCN1CCSCC1.Cl.Cl. The van der Waals surface area contributed by atoms with E-state index in [0.29, 0.717) is 6.54 Å². The van der Waals surface area contributed by atoms with Crippen LogP contribution in [0.3, 0.4) is 0 Å². The highest BCUT2D eigenvalue weighted by Crippen LogP contribution is 2.07. The Kier molecular flexibility index (Phi) is 12.2. The summed E-state index contributed by atoms with van der Waals surface area (Å²) in [6.07, 6.45) is 0. The van der Waals surface area contributed by atoms with E-state index in [1.54, 1.807) is 6.92 Å². The van der Waals surface area contributed by atoms with Crippen LogP contribution in [0.1, 0.15) is 6.92 Å². The molecule has 0 bridgehead atoms. The number of nitrogens with two attached hydrogens (primary N) is 1. The average molecular weight is 290 g/mol. The van der Waals surface area contributed by atoms with Crippen LogP contribution in [0.2, 0.25) is 0 Å². The Morgan fingerprint density at radius 1 is 1.44 bits per heavy atom. The lowest BCUT2D eigenvalue weighted by molar-refractivity contribution is -0.122. The molecule has 1 atom stereocenters. The molecule has 1 saturated heterocycles. The molecule has 1 amide bonds. The van der Waals surface area contributed by atoms with Gasteiger partial charge >= 0.3 is 0 Å². The van der Waals surface area contributed by atoms with Gasteiger partial charge in [0.1, 0.15) is 0 Å². The summed E-state index contributed by atoms with van der Waals surface area (Å²) in [5.41, 5.74) is 5.43. The van der Waals surface area contributed by atoms with Crippen molar-refractivity contribution in [2.45, 2.75) is 13.0 Å². The molecule has 98 valence electrons. The largest absolute Gasteiger partial charge is 0.353 e. The lowest BCUT2D eigenvalue weighted by Crippen LogP contribution is -2.43. The molecule has 0 aromatic rings. The first-order valence-electron chi connectivity index (χ1n) is 5.03. The topological polar surface area (TPSA) is 58.4 Å². The molecule has 1 heterocycles. The lowest BCUT2D eigenvalue weighted by atomic mass is 10.3. The molecule has 1 rings (SSSR count). The molecule has 1 aliphatic rings. The van der Waals surface area contributed by atoms with Crippen molar-refractivity contribution in [1.82, 2.24) is 10.2 Å². The van der Waals surface area contributed by atoms with E-state index in [4.69, 9.17) is 5.73 Å².